The number of likely N-dealkylation sites (N-methyl/N-ethyl adjacent to an activating group) is 2. The van der Waals surface area contributed by atoms with E-state index in [0.29, 0.717) is 0 Å². The molecule has 0 saturated heterocycles. The first kappa shape index (κ1) is 41.7. The van der Waals surface area contributed by atoms with Crippen LogP contribution in [0.25, 0.3) is 0 Å². The van der Waals surface area contributed by atoms with Gasteiger partial charge in [-0.15, -0.1) is 0 Å². The van der Waals surface area contributed by atoms with E-state index in [1.165, 1.54) is 206 Å². The van der Waals surface area contributed by atoms with Crippen molar-refractivity contribution < 1.29 is 8.97 Å². The highest BCUT2D eigenvalue weighted by molar-refractivity contribution is 4.81. The molecular formula is C40H84N2+2. The third-order valence-electron chi connectivity index (χ3n) is 9.60. The van der Waals surface area contributed by atoms with Gasteiger partial charge in [0.25, 0.3) is 0 Å². The maximum Gasteiger partial charge on any atom is 0.0971 e. The molecule has 0 fully saturated rings. The minimum atomic E-state index is 1.14. The number of rotatable bonds is 34. The van der Waals surface area contributed by atoms with Gasteiger partial charge in [-0.2, -0.15) is 0 Å². The van der Waals surface area contributed by atoms with Gasteiger partial charge < -0.3 is 8.97 Å². The summed E-state index contributed by atoms with van der Waals surface area (Å²) in [5.41, 5.74) is 0. The van der Waals surface area contributed by atoms with Crippen molar-refractivity contribution in [3.8, 4) is 0 Å². The fourth-order valence-electron chi connectivity index (χ4n) is 6.37. The van der Waals surface area contributed by atoms with E-state index in [4.69, 9.17) is 0 Å². The van der Waals surface area contributed by atoms with Crippen molar-refractivity contribution in [2.75, 3.05) is 54.4 Å². The lowest BCUT2D eigenvalue weighted by molar-refractivity contribution is -0.887. The van der Waals surface area contributed by atoms with E-state index in [9.17, 15) is 0 Å². The molecular weight excluding hydrogens is 508 g/mol. The fraction of sp³-hybridized carbons (Fsp3) is 0.950. The highest BCUT2D eigenvalue weighted by Gasteiger charge is 2.14. The molecule has 0 saturated carbocycles. The molecule has 0 unspecified atom stereocenters. The van der Waals surface area contributed by atoms with Gasteiger partial charge in [-0.1, -0.05) is 168 Å². The minimum Gasteiger partial charge on any atom is -0.325 e. The lowest BCUT2D eigenvalue weighted by Gasteiger charge is -2.30. The Hall–Kier alpha value is -0.340. The highest BCUT2D eigenvalue weighted by Crippen LogP contribution is 2.15. The van der Waals surface area contributed by atoms with Crippen molar-refractivity contribution in [3.05, 3.63) is 12.2 Å². The van der Waals surface area contributed by atoms with Gasteiger partial charge in [-0.3, -0.25) is 0 Å². The topological polar surface area (TPSA) is 0 Å². The molecule has 0 heterocycles. The van der Waals surface area contributed by atoms with Crippen LogP contribution in [0, 0.1) is 0 Å². The second-order valence-electron chi connectivity index (χ2n) is 15.3. The average molecular weight is 593 g/mol. The van der Waals surface area contributed by atoms with Gasteiger partial charge in [0.05, 0.1) is 54.4 Å². The van der Waals surface area contributed by atoms with Crippen LogP contribution in [0.2, 0.25) is 0 Å². The van der Waals surface area contributed by atoms with E-state index in [1.54, 1.807) is 0 Å². The molecule has 0 radical (unpaired) electrons. The van der Waals surface area contributed by atoms with Crippen molar-refractivity contribution >= 4 is 0 Å². The molecule has 0 bridgehead atoms. The maximum atomic E-state index is 2.47. The molecule has 0 aromatic carbocycles. The van der Waals surface area contributed by atoms with Crippen molar-refractivity contribution in [1.29, 1.82) is 0 Å². The van der Waals surface area contributed by atoms with Gasteiger partial charge in [0.1, 0.15) is 0 Å². The molecule has 0 aromatic heterocycles. The van der Waals surface area contributed by atoms with E-state index >= 15 is 0 Å². The SMILES string of the molecule is CCCCCCCCCCCCCCCC[N+](C)(C)C/C=C\C[N+](C)(C)CCCCCCCCCCCCCCCC. The van der Waals surface area contributed by atoms with Crippen LogP contribution < -0.4 is 0 Å². The summed E-state index contributed by atoms with van der Waals surface area (Å²) in [6.45, 7) is 9.61. The van der Waals surface area contributed by atoms with Gasteiger partial charge in [-0.25, -0.2) is 0 Å². The summed E-state index contributed by atoms with van der Waals surface area (Å²) in [4.78, 5) is 0. The second-order valence-corrected chi connectivity index (χ2v) is 15.3. The summed E-state index contributed by atoms with van der Waals surface area (Å²) < 4.78 is 2.28. The molecule has 0 atom stereocenters. The summed E-state index contributed by atoms with van der Waals surface area (Å²) >= 11 is 0. The van der Waals surface area contributed by atoms with E-state index in [1.807, 2.05) is 0 Å². The van der Waals surface area contributed by atoms with Crippen LogP contribution in [0.5, 0.6) is 0 Å². The van der Waals surface area contributed by atoms with E-state index in [0.717, 1.165) is 8.97 Å². The molecule has 0 N–H and O–H groups in total. The van der Waals surface area contributed by atoms with Crippen LogP contribution in [-0.4, -0.2) is 63.3 Å². The first-order valence-electron chi connectivity index (χ1n) is 19.6. The average Bonchev–Trinajstić information content (AvgIpc) is 2.95. The van der Waals surface area contributed by atoms with E-state index < -0.39 is 0 Å². The summed E-state index contributed by atoms with van der Waals surface area (Å²) in [6.07, 6.45) is 45.4. The van der Waals surface area contributed by atoms with Crippen molar-refractivity contribution in [3.63, 3.8) is 0 Å². The molecule has 0 rings (SSSR count). The zero-order chi connectivity index (χ0) is 31.0. The number of unbranched alkanes of at least 4 members (excludes halogenated alkanes) is 26. The van der Waals surface area contributed by atoms with Gasteiger partial charge in [-0.05, 0) is 37.8 Å². The van der Waals surface area contributed by atoms with E-state index in [-0.39, 0.29) is 0 Å². The molecule has 0 aliphatic carbocycles. The first-order valence-corrected chi connectivity index (χ1v) is 19.6. The van der Waals surface area contributed by atoms with E-state index in [2.05, 4.69) is 54.2 Å². The van der Waals surface area contributed by atoms with Gasteiger partial charge in [0.2, 0.25) is 0 Å². The normalized spacial score (nSPS) is 12.6. The van der Waals surface area contributed by atoms with Crippen molar-refractivity contribution in [2.24, 2.45) is 0 Å². The minimum absolute atomic E-state index is 1.14. The van der Waals surface area contributed by atoms with Crippen LogP contribution >= 0.6 is 0 Å². The van der Waals surface area contributed by atoms with Gasteiger partial charge >= 0.3 is 0 Å². The van der Waals surface area contributed by atoms with Crippen molar-refractivity contribution in [1.82, 2.24) is 0 Å². The molecule has 252 valence electrons. The quantitative estimate of drug-likeness (QED) is 0.0396. The standard InChI is InChI=1S/C40H84N2/c1-7-9-11-13-15-17-19-21-23-25-27-29-31-33-37-41(3,4)39-35-36-40-42(5,6)38-34-32-30-28-26-24-22-20-18-16-14-12-10-8-2/h35-36H,7-34,37-40H2,1-6H3/q+2/b36-35-. The molecule has 0 spiro atoms. The predicted molar refractivity (Wildman–Crippen MR) is 193 cm³/mol. The Balaban J connectivity index is 3.59. The molecule has 42 heavy (non-hydrogen) atoms. The number of quaternary nitrogens is 2. The Labute approximate surface area is 268 Å². The third kappa shape index (κ3) is 32.6. The Kier molecular flexibility index (Phi) is 30.4. The Morgan fingerprint density at radius 1 is 0.286 bits per heavy atom. The van der Waals surface area contributed by atoms with Crippen LogP contribution in [0.1, 0.15) is 194 Å². The predicted octanol–water partition coefficient (Wildman–Crippen LogP) is 12.7. The van der Waals surface area contributed by atoms with Crippen LogP contribution in [0.4, 0.5) is 0 Å². The zero-order valence-electron chi connectivity index (χ0n) is 30.7. The summed E-state index contributed by atoms with van der Waals surface area (Å²) in [7, 11) is 9.67. The van der Waals surface area contributed by atoms with Crippen LogP contribution in [-0.2, 0) is 0 Å². The van der Waals surface area contributed by atoms with Crippen LogP contribution in [0.3, 0.4) is 0 Å². The third-order valence-corrected chi connectivity index (χ3v) is 9.60. The van der Waals surface area contributed by atoms with Crippen LogP contribution in [0.15, 0.2) is 12.2 Å². The monoisotopic (exact) mass is 593 g/mol. The zero-order valence-corrected chi connectivity index (χ0v) is 30.7. The second kappa shape index (κ2) is 30.7. The first-order chi connectivity index (χ1) is 20.3. The summed E-state index contributed by atoms with van der Waals surface area (Å²) in [5, 5.41) is 0. The Morgan fingerprint density at radius 3 is 0.690 bits per heavy atom. The molecule has 0 aromatic rings. The molecule has 2 nitrogen and oxygen atoms in total. The maximum absolute atomic E-state index is 2.47. The largest absolute Gasteiger partial charge is 0.325 e. The lowest BCUT2D eigenvalue weighted by Crippen LogP contribution is -2.42. The lowest BCUT2D eigenvalue weighted by atomic mass is 10.0. The number of hydrogen-bond donors (Lipinski definition) is 0. The molecule has 0 aliphatic heterocycles. The van der Waals surface area contributed by atoms with Gasteiger partial charge in [0.15, 0.2) is 0 Å². The summed E-state index contributed by atoms with van der Waals surface area (Å²) in [6, 6.07) is 0. The van der Waals surface area contributed by atoms with Gasteiger partial charge in [0, 0.05) is 0 Å². The highest BCUT2D eigenvalue weighted by atomic mass is 15.3. The fourth-order valence-corrected chi connectivity index (χ4v) is 6.37. The molecule has 0 aliphatic rings. The number of hydrogen-bond acceptors (Lipinski definition) is 0. The Morgan fingerprint density at radius 2 is 0.476 bits per heavy atom. The smallest absolute Gasteiger partial charge is 0.0971 e. The van der Waals surface area contributed by atoms with Crippen molar-refractivity contribution in [2.45, 2.75) is 194 Å². The summed E-state index contributed by atoms with van der Waals surface area (Å²) in [5.74, 6) is 0. The number of nitrogens with zero attached hydrogens (tertiary/aromatic N) is 2. The Bertz CT molecular complexity index is 502. The molecule has 0 amide bonds. The molecule has 2 heteroatoms.